The van der Waals surface area contributed by atoms with Crippen molar-refractivity contribution in [2.45, 2.75) is 10.6 Å². The molecule has 0 atom stereocenters. The van der Waals surface area contributed by atoms with Crippen LogP contribution in [0, 0.1) is 5.82 Å². The molecule has 5 nitrogen and oxygen atoms in total. The summed E-state index contributed by atoms with van der Waals surface area (Å²) in [6.07, 6.45) is 1.31. The molecule has 0 spiro atoms. The van der Waals surface area contributed by atoms with E-state index >= 15 is 0 Å². The zero-order chi connectivity index (χ0) is 14.0. The van der Waals surface area contributed by atoms with Gasteiger partial charge in [-0.15, -0.1) is 11.8 Å². The highest BCUT2D eigenvalue weighted by Gasteiger charge is 2.15. The molecule has 0 unspecified atom stereocenters. The lowest BCUT2D eigenvalue weighted by Gasteiger charge is -2.05. The Kier molecular flexibility index (Phi) is 3.75. The molecule has 0 aliphatic carbocycles. The molecule has 1 heterocycles. The van der Waals surface area contributed by atoms with Gasteiger partial charge >= 0.3 is 5.97 Å². The standard InChI is InChI=1S/C12H12FN3O2S/c1-16-11(8(5-15-16)12(17)18)6-19-7-2-3-10(14)9(13)4-7/h2-5H,6,14H2,1H3,(H,17,18). The van der Waals surface area contributed by atoms with Gasteiger partial charge in [0.1, 0.15) is 11.4 Å². The Bertz CT molecular complexity index is 627. The van der Waals surface area contributed by atoms with E-state index in [-0.39, 0.29) is 11.3 Å². The van der Waals surface area contributed by atoms with Crippen LogP contribution < -0.4 is 5.73 Å². The maximum Gasteiger partial charge on any atom is 0.339 e. The van der Waals surface area contributed by atoms with Crippen LogP contribution >= 0.6 is 11.8 Å². The number of carboxylic acids is 1. The molecular weight excluding hydrogens is 269 g/mol. The van der Waals surface area contributed by atoms with E-state index in [1.165, 1.54) is 34.8 Å². The molecule has 0 saturated heterocycles. The van der Waals surface area contributed by atoms with Gasteiger partial charge < -0.3 is 10.8 Å². The van der Waals surface area contributed by atoms with Crippen molar-refractivity contribution in [3.8, 4) is 0 Å². The summed E-state index contributed by atoms with van der Waals surface area (Å²) in [5.41, 5.74) is 6.22. The van der Waals surface area contributed by atoms with Crippen LogP contribution in [0.15, 0.2) is 29.3 Å². The molecule has 3 N–H and O–H groups in total. The summed E-state index contributed by atoms with van der Waals surface area (Å²) in [6.45, 7) is 0. The topological polar surface area (TPSA) is 81.1 Å². The molecule has 1 aromatic heterocycles. The molecule has 1 aromatic carbocycles. The van der Waals surface area contributed by atoms with Crippen molar-refractivity contribution < 1.29 is 14.3 Å². The van der Waals surface area contributed by atoms with E-state index < -0.39 is 11.8 Å². The molecule has 2 rings (SSSR count). The number of aromatic nitrogens is 2. The van der Waals surface area contributed by atoms with Crippen LogP contribution in [0.25, 0.3) is 0 Å². The molecule has 7 heteroatoms. The van der Waals surface area contributed by atoms with E-state index in [4.69, 9.17) is 10.8 Å². The van der Waals surface area contributed by atoms with Gasteiger partial charge in [-0.2, -0.15) is 5.10 Å². The fraction of sp³-hybridized carbons (Fsp3) is 0.167. The van der Waals surface area contributed by atoms with Crippen molar-refractivity contribution in [2.24, 2.45) is 7.05 Å². The van der Waals surface area contributed by atoms with Gasteiger partial charge in [0.05, 0.1) is 17.6 Å². The summed E-state index contributed by atoms with van der Waals surface area (Å²) in [4.78, 5) is 11.7. The first kappa shape index (κ1) is 13.4. The highest BCUT2D eigenvalue weighted by Crippen LogP contribution is 2.26. The SMILES string of the molecule is Cn1ncc(C(=O)O)c1CSc1ccc(N)c(F)c1. The van der Waals surface area contributed by atoms with Gasteiger partial charge in [-0.1, -0.05) is 0 Å². The first-order valence-electron chi connectivity index (χ1n) is 5.41. The summed E-state index contributed by atoms with van der Waals surface area (Å²) in [6, 6.07) is 4.51. The van der Waals surface area contributed by atoms with Gasteiger partial charge in [0.2, 0.25) is 0 Å². The minimum absolute atomic E-state index is 0.0936. The zero-order valence-corrected chi connectivity index (χ0v) is 10.9. The lowest BCUT2D eigenvalue weighted by atomic mass is 10.3. The Balaban J connectivity index is 2.16. The number of aryl methyl sites for hydroxylation is 1. The van der Waals surface area contributed by atoms with Gasteiger partial charge in [-0.25, -0.2) is 9.18 Å². The summed E-state index contributed by atoms with van der Waals surface area (Å²) in [7, 11) is 1.67. The van der Waals surface area contributed by atoms with Crippen molar-refractivity contribution in [1.29, 1.82) is 0 Å². The molecular formula is C12H12FN3O2S. The predicted octanol–water partition coefficient (Wildman–Crippen LogP) is 2.13. The number of nitrogens with two attached hydrogens (primary N) is 1. The number of aromatic carboxylic acids is 1. The second-order valence-electron chi connectivity index (χ2n) is 3.91. The predicted molar refractivity (Wildman–Crippen MR) is 70.5 cm³/mol. The number of carbonyl (C=O) groups is 1. The summed E-state index contributed by atoms with van der Waals surface area (Å²) < 4.78 is 14.8. The minimum Gasteiger partial charge on any atom is -0.478 e. The van der Waals surface area contributed by atoms with Gasteiger partial charge in [-0.05, 0) is 18.2 Å². The van der Waals surface area contributed by atoms with Gasteiger partial charge in [0.25, 0.3) is 0 Å². The number of nitrogen functional groups attached to an aromatic ring is 1. The van der Waals surface area contributed by atoms with Crippen LogP contribution in [-0.4, -0.2) is 20.9 Å². The van der Waals surface area contributed by atoms with Gasteiger partial charge in [0.15, 0.2) is 0 Å². The third kappa shape index (κ3) is 2.87. The molecule has 100 valence electrons. The Morgan fingerprint density at radius 2 is 2.32 bits per heavy atom. The molecule has 19 heavy (non-hydrogen) atoms. The smallest absolute Gasteiger partial charge is 0.339 e. The highest BCUT2D eigenvalue weighted by atomic mass is 32.2. The van der Waals surface area contributed by atoms with Crippen molar-refractivity contribution in [1.82, 2.24) is 9.78 Å². The first-order valence-corrected chi connectivity index (χ1v) is 6.39. The van der Waals surface area contributed by atoms with Crippen LogP contribution in [-0.2, 0) is 12.8 Å². The fourth-order valence-corrected chi connectivity index (χ4v) is 2.56. The van der Waals surface area contributed by atoms with E-state index in [1.807, 2.05) is 0 Å². The molecule has 2 aromatic rings. The highest BCUT2D eigenvalue weighted by molar-refractivity contribution is 7.98. The van der Waals surface area contributed by atoms with E-state index in [0.29, 0.717) is 16.3 Å². The largest absolute Gasteiger partial charge is 0.478 e. The monoisotopic (exact) mass is 281 g/mol. The number of rotatable bonds is 4. The van der Waals surface area contributed by atoms with Gasteiger partial charge in [0, 0.05) is 17.7 Å². The lowest BCUT2D eigenvalue weighted by Crippen LogP contribution is -2.03. The van der Waals surface area contributed by atoms with E-state index in [0.717, 1.165) is 0 Å². The first-order chi connectivity index (χ1) is 8.99. The second kappa shape index (κ2) is 5.31. The Morgan fingerprint density at radius 1 is 1.58 bits per heavy atom. The average Bonchev–Trinajstić information content (AvgIpc) is 2.72. The summed E-state index contributed by atoms with van der Waals surface area (Å²) in [5, 5.41) is 12.9. The Hall–Kier alpha value is -2.02. The summed E-state index contributed by atoms with van der Waals surface area (Å²) >= 11 is 1.33. The van der Waals surface area contributed by atoms with Gasteiger partial charge in [-0.3, -0.25) is 4.68 Å². The van der Waals surface area contributed by atoms with Crippen molar-refractivity contribution in [3.05, 3.63) is 41.5 Å². The van der Waals surface area contributed by atoms with Crippen LogP contribution in [0.4, 0.5) is 10.1 Å². The van der Waals surface area contributed by atoms with Crippen molar-refractivity contribution in [3.63, 3.8) is 0 Å². The van der Waals surface area contributed by atoms with Crippen molar-refractivity contribution >= 4 is 23.4 Å². The lowest BCUT2D eigenvalue weighted by molar-refractivity contribution is 0.0696. The van der Waals surface area contributed by atoms with Crippen LogP contribution in [0.5, 0.6) is 0 Å². The molecule has 0 aliphatic rings. The molecule has 0 radical (unpaired) electrons. The Morgan fingerprint density at radius 3 is 2.95 bits per heavy atom. The summed E-state index contributed by atoms with van der Waals surface area (Å²) in [5.74, 6) is -1.11. The fourth-order valence-electron chi connectivity index (χ4n) is 1.56. The number of nitrogens with zero attached hydrogens (tertiary/aromatic N) is 2. The second-order valence-corrected chi connectivity index (χ2v) is 4.95. The number of thioether (sulfide) groups is 1. The number of anilines is 1. The van der Waals surface area contributed by atoms with E-state index in [2.05, 4.69) is 5.10 Å². The third-order valence-electron chi connectivity index (χ3n) is 2.64. The third-order valence-corrected chi connectivity index (χ3v) is 3.64. The molecule has 0 amide bonds. The Labute approximate surface area is 113 Å². The van der Waals surface area contributed by atoms with E-state index in [1.54, 1.807) is 13.1 Å². The quantitative estimate of drug-likeness (QED) is 0.663. The number of hydrogen-bond donors (Lipinski definition) is 2. The maximum atomic E-state index is 13.3. The number of carboxylic acid groups (broad SMARTS) is 1. The zero-order valence-electron chi connectivity index (χ0n) is 10.1. The number of hydrogen-bond acceptors (Lipinski definition) is 4. The maximum absolute atomic E-state index is 13.3. The molecule has 0 fully saturated rings. The van der Waals surface area contributed by atoms with E-state index in [9.17, 15) is 9.18 Å². The molecule has 0 saturated carbocycles. The molecule has 0 aliphatic heterocycles. The van der Waals surface area contributed by atoms with Crippen LogP contribution in [0.1, 0.15) is 16.1 Å². The number of halogens is 1. The van der Waals surface area contributed by atoms with Crippen LogP contribution in [0.3, 0.4) is 0 Å². The van der Waals surface area contributed by atoms with Crippen molar-refractivity contribution in [2.75, 3.05) is 5.73 Å². The normalized spacial score (nSPS) is 10.6. The number of benzene rings is 1. The molecule has 0 bridgehead atoms. The van der Waals surface area contributed by atoms with Crippen LogP contribution in [0.2, 0.25) is 0 Å². The minimum atomic E-state index is -1.02. The average molecular weight is 281 g/mol.